The van der Waals surface area contributed by atoms with Crippen LogP contribution in [0.1, 0.15) is 86.2 Å². The van der Waals surface area contributed by atoms with Crippen molar-refractivity contribution in [2.24, 2.45) is 23.7 Å². The summed E-state index contributed by atoms with van der Waals surface area (Å²) in [5.41, 5.74) is 5.36. The number of alkyl carbamates (subject to hydrolysis) is 2. The van der Waals surface area contributed by atoms with Gasteiger partial charge in [0, 0.05) is 49.6 Å². The second-order valence-corrected chi connectivity index (χ2v) is 18.0. The third-order valence-corrected chi connectivity index (χ3v) is 14.2. The van der Waals surface area contributed by atoms with Crippen LogP contribution >= 0.6 is 0 Å². The van der Waals surface area contributed by atoms with E-state index in [0.29, 0.717) is 63.9 Å². The number of H-pyrrole nitrogens is 2. The van der Waals surface area contributed by atoms with E-state index >= 15 is 0 Å². The quantitative estimate of drug-likeness (QED) is 0.148. The highest BCUT2D eigenvalue weighted by atomic mass is 16.5. The lowest BCUT2D eigenvalue weighted by atomic mass is 9.90. The summed E-state index contributed by atoms with van der Waals surface area (Å²) in [6.45, 7) is 2.25. The molecule has 2 aromatic carbocycles. The molecular formula is C48H54N8O8. The van der Waals surface area contributed by atoms with Crippen LogP contribution in [0.25, 0.3) is 22.5 Å². The number of ether oxygens (including phenoxy) is 4. The van der Waals surface area contributed by atoms with Gasteiger partial charge in [0.15, 0.2) is 0 Å². The molecule has 0 radical (unpaired) electrons. The number of fused-ring (bicyclic) bond motifs is 2. The molecule has 4 aromatic rings. The maximum Gasteiger partial charge on any atom is 0.407 e. The normalized spacial score (nSPS) is 25.8. The van der Waals surface area contributed by atoms with Crippen LogP contribution in [0.5, 0.6) is 0 Å². The van der Waals surface area contributed by atoms with Crippen molar-refractivity contribution in [3.05, 3.63) is 83.7 Å². The zero-order chi connectivity index (χ0) is 43.9. The number of methoxy groups -OCH3 is 2. The van der Waals surface area contributed by atoms with E-state index in [1.54, 1.807) is 0 Å². The Balaban J connectivity index is 0.780. The van der Waals surface area contributed by atoms with Gasteiger partial charge in [0.1, 0.15) is 23.7 Å². The van der Waals surface area contributed by atoms with Crippen LogP contribution in [0, 0.1) is 35.5 Å². The smallest absolute Gasteiger partial charge is 0.407 e. The number of nitrogens with one attached hydrogen (secondary N) is 4. The van der Waals surface area contributed by atoms with Gasteiger partial charge >= 0.3 is 12.2 Å². The molecule has 6 heterocycles. The molecule has 10 rings (SSSR count). The van der Waals surface area contributed by atoms with Gasteiger partial charge in [0.25, 0.3) is 0 Å². The number of rotatable bonds is 10. The van der Waals surface area contributed by atoms with Crippen LogP contribution in [0.2, 0.25) is 0 Å². The summed E-state index contributed by atoms with van der Waals surface area (Å²) in [4.78, 5) is 73.4. The maximum atomic E-state index is 14.2. The van der Waals surface area contributed by atoms with Gasteiger partial charge in [-0.1, -0.05) is 36.1 Å². The minimum absolute atomic E-state index is 0.0235. The Morgan fingerprint density at radius 2 is 1.02 bits per heavy atom. The molecular weight excluding hydrogens is 817 g/mol. The van der Waals surface area contributed by atoms with Gasteiger partial charge in [-0.2, -0.15) is 0 Å². The van der Waals surface area contributed by atoms with Crippen molar-refractivity contribution >= 4 is 24.0 Å². The molecule has 2 aliphatic carbocycles. The number of hydrogen-bond donors (Lipinski definition) is 4. The molecule has 4 aliphatic heterocycles. The summed E-state index contributed by atoms with van der Waals surface area (Å²) >= 11 is 0. The molecule has 4 saturated heterocycles. The van der Waals surface area contributed by atoms with Crippen molar-refractivity contribution in [3.8, 4) is 34.4 Å². The van der Waals surface area contributed by atoms with Gasteiger partial charge in [-0.15, -0.1) is 0 Å². The van der Waals surface area contributed by atoms with E-state index in [-0.39, 0.29) is 47.8 Å². The summed E-state index contributed by atoms with van der Waals surface area (Å²) in [5.74, 6) is 8.70. The molecule has 2 aromatic heterocycles. The molecule has 4 N–H and O–H groups in total. The molecule has 2 saturated carbocycles. The van der Waals surface area contributed by atoms with E-state index in [4.69, 9.17) is 28.9 Å². The number of hydrogen-bond acceptors (Lipinski definition) is 10. The van der Waals surface area contributed by atoms with Crippen molar-refractivity contribution < 1.29 is 38.1 Å². The number of amides is 4. The van der Waals surface area contributed by atoms with Gasteiger partial charge < -0.3 is 49.3 Å². The highest BCUT2D eigenvalue weighted by Crippen LogP contribution is 2.55. The number of carbonyl (C=O) groups is 4. The summed E-state index contributed by atoms with van der Waals surface area (Å²) in [6.07, 6.45) is 8.82. The zero-order valence-corrected chi connectivity index (χ0v) is 36.1. The first-order valence-corrected chi connectivity index (χ1v) is 22.6. The van der Waals surface area contributed by atoms with Crippen molar-refractivity contribution in [1.29, 1.82) is 0 Å². The van der Waals surface area contributed by atoms with Crippen LogP contribution in [-0.2, 0) is 28.5 Å². The van der Waals surface area contributed by atoms with Crippen molar-refractivity contribution in [2.45, 2.75) is 87.6 Å². The fourth-order valence-corrected chi connectivity index (χ4v) is 10.5. The minimum atomic E-state index is -0.677. The summed E-state index contributed by atoms with van der Waals surface area (Å²) < 4.78 is 20.9. The fraction of sp³-hybridized carbons (Fsp3) is 0.500. The van der Waals surface area contributed by atoms with E-state index in [1.165, 1.54) is 14.2 Å². The number of aromatic amines is 2. The Bertz CT molecular complexity index is 2260. The van der Waals surface area contributed by atoms with Crippen molar-refractivity contribution in [3.63, 3.8) is 0 Å². The van der Waals surface area contributed by atoms with Gasteiger partial charge in [0.05, 0.1) is 50.1 Å². The molecule has 0 bridgehead atoms. The Labute approximate surface area is 371 Å². The monoisotopic (exact) mass is 870 g/mol. The van der Waals surface area contributed by atoms with E-state index in [1.807, 2.05) is 70.7 Å². The molecule has 0 unspecified atom stereocenters. The number of nitrogens with zero attached hydrogens (tertiary/aromatic N) is 4. The third kappa shape index (κ3) is 8.46. The average Bonchev–Trinajstić information content (AvgIpc) is 3.92. The first kappa shape index (κ1) is 41.8. The van der Waals surface area contributed by atoms with Crippen LogP contribution in [-0.4, -0.2) is 119 Å². The van der Waals surface area contributed by atoms with Gasteiger partial charge in [-0.25, -0.2) is 19.6 Å². The number of carbonyl (C=O) groups excluding carboxylic acids is 4. The highest BCUT2D eigenvalue weighted by Gasteiger charge is 2.58. The molecule has 16 heteroatoms. The van der Waals surface area contributed by atoms with Crippen LogP contribution in [0.3, 0.4) is 0 Å². The van der Waals surface area contributed by atoms with E-state index in [9.17, 15) is 19.2 Å². The molecule has 8 atom stereocenters. The molecule has 6 aliphatic rings. The topological polar surface area (TPSA) is 193 Å². The highest BCUT2D eigenvalue weighted by molar-refractivity contribution is 5.88. The van der Waals surface area contributed by atoms with E-state index in [0.717, 1.165) is 71.0 Å². The molecule has 6 fully saturated rings. The summed E-state index contributed by atoms with van der Waals surface area (Å²) in [7, 11) is 2.63. The lowest BCUT2D eigenvalue weighted by Gasteiger charge is -2.35. The summed E-state index contributed by atoms with van der Waals surface area (Å²) in [6, 6.07) is 14.5. The van der Waals surface area contributed by atoms with Gasteiger partial charge in [-0.05, 0) is 110 Å². The number of benzene rings is 2. The Hall–Kier alpha value is -6.18. The Morgan fingerprint density at radius 3 is 1.39 bits per heavy atom. The largest absolute Gasteiger partial charge is 0.453 e. The molecule has 334 valence electrons. The van der Waals surface area contributed by atoms with Crippen LogP contribution in [0.15, 0.2) is 60.9 Å². The van der Waals surface area contributed by atoms with Gasteiger partial charge in [0.2, 0.25) is 11.8 Å². The molecule has 0 spiro atoms. The Morgan fingerprint density at radius 1 is 0.625 bits per heavy atom. The summed E-state index contributed by atoms with van der Waals surface area (Å²) in [5, 5.41) is 5.69. The maximum absolute atomic E-state index is 14.2. The second kappa shape index (κ2) is 17.8. The predicted molar refractivity (Wildman–Crippen MR) is 232 cm³/mol. The van der Waals surface area contributed by atoms with Crippen LogP contribution < -0.4 is 10.6 Å². The SMILES string of the molecule is COC(=O)N[C@H](C(=O)N1[C@H](c2ncc(-c3ccc(C#Cc4ccc(-c5cnc([C@@H]6C[C@@H]7C[C@@H]7N6C(=O)[C@H](NC(=O)OC)C6CCOCC6)[nH]5)cc4)cc3)[nH]2)C[C@@H]2C[C@@H]21)C1CCOCC1. The van der Waals surface area contributed by atoms with Crippen molar-refractivity contribution in [1.82, 2.24) is 40.4 Å². The fourth-order valence-electron chi connectivity index (χ4n) is 10.5. The lowest BCUT2D eigenvalue weighted by molar-refractivity contribution is -0.138. The first-order chi connectivity index (χ1) is 31.3. The zero-order valence-electron chi connectivity index (χ0n) is 36.1. The third-order valence-electron chi connectivity index (χ3n) is 14.2. The first-order valence-electron chi connectivity index (χ1n) is 22.6. The van der Waals surface area contributed by atoms with E-state index in [2.05, 4.69) is 32.4 Å². The Kier molecular flexibility index (Phi) is 11.6. The molecule has 64 heavy (non-hydrogen) atoms. The average molecular weight is 871 g/mol. The standard InChI is InChI=1S/C48H54N8O8/c1-61-47(59)53-41(31-13-17-63-18-14-31)45(57)55-37-21-33(37)23-39(55)43-49-25-35(51-43)29-9-5-27(6-10-29)3-4-28-7-11-30(12-8-28)36-26-50-44(52-36)40-24-34-22-38(34)56(40)46(58)42(54-48(60)62-2)32-15-19-64-20-16-32/h5-12,25-26,31-34,37-42H,13-24H2,1-2H3,(H,49,51)(H,50,52)(H,53,59)(H,54,60)/t33-,34-,37-,38-,39-,40-,41-,42+/m0/s1. The van der Waals surface area contributed by atoms with Crippen LogP contribution in [0.4, 0.5) is 9.59 Å². The minimum Gasteiger partial charge on any atom is -0.453 e. The number of piperidine rings is 2. The lowest BCUT2D eigenvalue weighted by Crippen LogP contribution is -2.54. The molecule has 16 nitrogen and oxygen atoms in total. The predicted octanol–water partition coefficient (Wildman–Crippen LogP) is 5.49. The number of aromatic nitrogens is 4. The van der Waals surface area contributed by atoms with E-state index < -0.39 is 24.3 Å². The van der Waals surface area contributed by atoms with Crippen molar-refractivity contribution in [2.75, 3.05) is 40.6 Å². The molecule has 4 amide bonds. The number of imidazole rings is 2. The van der Waals surface area contributed by atoms with Gasteiger partial charge in [-0.3, -0.25) is 9.59 Å². The number of likely N-dealkylation sites (tertiary alicyclic amines) is 2. The second-order valence-electron chi connectivity index (χ2n) is 18.0.